The van der Waals surface area contributed by atoms with Crippen LogP contribution in [0.15, 0.2) is 0 Å². The third kappa shape index (κ3) is 1.97. The molecule has 1 saturated heterocycles. The second-order valence-electron chi connectivity index (χ2n) is 4.64. The highest BCUT2D eigenvalue weighted by Gasteiger charge is 2.59. The molecule has 11 heteroatoms. The molecule has 0 aliphatic carbocycles. The molecular formula is C10H12F2N6O3. The molecule has 1 aliphatic rings. The Balaban J connectivity index is 2.06. The maximum atomic E-state index is 14.0. The molecule has 0 spiro atoms. The number of ether oxygens (including phenoxy) is 1. The van der Waals surface area contributed by atoms with E-state index in [0.29, 0.717) is 0 Å². The first-order valence-electron chi connectivity index (χ1n) is 5.95. The number of hydrogen-bond acceptors (Lipinski definition) is 8. The van der Waals surface area contributed by atoms with E-state index in [4.69, 9.17) is 21.3 Å². The second kappa shape index (κ2) is 4.44. The van der Waals surface area contributed by atoms with Crippen molar-refractivity contribution in [1.82, 2.24) is 19.9 Å². The molecule has 2 aromatic heterocycles. The highest BCUT2D eigenvalue weighted by molar-refractivity contribution is 5.82. The summed E-state index contributed by atoms with van der Waals surface area (Å²) in [5.41, 5.74) is 11.1. The fourth-order valence-electron chi connectivity index (χ4n) is 2.21. The number of halogens is 2. The number of aromatic amines is 1. The third-order valence-electron chi connectivity index (χ3n) is 3.25. The average Bonchev–Trinajstić information content (AvgIpc) is 2.91. The Kier molecular flexibility index (Phi) is 2.93. The Bertz CT molecular complexity index is 693. The van der Waals surface area contributed by atoms with Crippen LogP contribution in [0.25, 0.3) is 11.2 Å². The molecular weight excluding hydrogens is 290 g/mol. The predicted molar refractivity (Wildman–Crippen MR) is 66.2 cm³/mol. The van der Waals surface area contributed by atoms with Crippen LogP contribution in [-0.2, 0) is 4.74 Å². The Morgan fingerprint density at radius 2 is 2.00 bits per heavy atom. The highest BCUT2D eigenvalue weighted by Crippen LogP contribution is 2.45. The minimum Gasteiger partial charge on any atom is -0.394 e. The highest BCUT2D eigenvalue weighted by atomic mass is 19.3. The van der Waals surface area contributed by atoms with Gasteiger partial charge in [-0.05, 0) is 0 Å². The Labute approximate surface area is 116 Å². The number of aliphatic hydroxyl groups is 2. The van der Waals surface area contributed by atoms with E-state index in [-0.39, 0.29) is 28.8 Å². The first kappa shape index (κ1) is 13.9. The monoisotopic (exact) mass is 302 g/mol. The molecule has 0 aromatic carbocycles. The van der Waals surface area contributed by atoms with Crippen LogP contribution in [0.1, 0.15) is 11.9 Å². The Hall–Kier alpha value is -2.11. The number of aromatic nitrogens is 4. The standard InChI is InChI=1S/C10H12F2N6O3/c11-10(12)4(20)2(1-19)21-5(10)8-15-3-6(13)16-9(14)18-7(3)17-8/h2,4-5,19-20H,1H2,(H5,13,14,15,16,17,18)/t2-,4-,5?/m1/s1. The number of hydrogen-bond donors (Lipinski definition) is 5. The minimum atomic E-state index is -3.63. The van der Waals surface area contributed by atoms with E-state index in [2.05, 4.69) is 19.9 Å². The van der Waals surface area contributed by atoms with Gasteiger partial charge in [0.2, 0.25) is 5.95 Å². The number of H-pyrrole nitrogens is 1. The molecule has 3 heterocycles. The van der Waals surface area contributed by atoms with E-state index in [9.17, 15) is 13.9 Å². The topological polar surface area (TPSA) is 156 Å². The van der Waals surface area contributed by atoms with Gasteiger partial charge in [-0.3, -0.25) is 0 Å². The number of nitrogens with zero attached hydrogens (tertiary/aromatic N) is 3. The van der Waals surface area contributed by atoms with E-state index < -0.39 is 30.8 Å². The second-order valence-corrected chi connectivity index (χ2v) is 4.64. The summed E-state index contributed by atoms with van der Waals surface area (Å²) in [6.45, 7) is -0.748. The first-order valence-corrected chi connectivity index (χ1v) is 5.95. The lowest BCUT2D eigenvalue weighted by molar-refractivity contribution is -0.115. The number of nitrogen functional groups attached to an aromatic ring is 2. The first-order chi connectivity index (χ1) is 9.84. The largest absolute Gasteiger partial charge is 0.394 e. The number of anilines is 2. The summed E-state index contributed by atoms with van der Waals surface area (Å²) in [7, 11) is 0. The molecule has 7 N–H and O–H groups in total. The molecule has 21 heavy (non-hydrogen) atoms. The van der Waals surface area contributed by atoms with Crippen molar-refractivity contribution in [2.45, 2.75) is 24.2 Å². The number of aliphatic hydroxyl groups excluding tert-OH is 2. The van der Waals surface area contributed by atoms with Gasteiger partial charge in [0.05, 0.1) is 6.61 Å². The van der Waals surface area contributed by atoms with Gasteiger partial charge in [-0.15, -0.1) is 0 Å². The molecule has 0 saturated carbocycles. The average molecular weight is 302 g/mol. The zero-order chi connectivity index (χ0) is 15.4. The molecule has 9 nitrogen and oxygen atoms in total. The lowest BCUT2D eigenvalue weighted by atomic mass is 10.1. The van der Waals surface area contributed by atoms with Crippen molar-refractivity contribution in [1.29, 1.82) is 0 Å². The normalized spacial score (nSPS) is 28.3. The Morgan fingerprint density at radius 3 is 2.62 bits per heavy atom. The third-order valence-corrected chi connectivity index (χ3v) is 3.25. The molecule has 0 radical (unpaired) electrons. The van der Waals surface area contributed by atoms with E-state index >= 15 is 0 Å². The molecule has 0 bridgehead atoms. The van der Waals surface area contributed by atoms with Crippen LogP contribution in [0.2, 0.25) is 0 Å². The molecule has 3 atom stereocenters. The summed E-state index contributed by atoms with van der Waals surface area (Å²) in [4.78, 5) is 13.8. The number of imidazole rings is 1. The molecule has 114 valence electrons. The maximum absolute atomic E-state index is 14.0. The van der Waals surface area contributed by atoms with Gasteiger partial charge < -0.3 is 31.4 Å². The lowest BCUT2D eigenvalue weighted by Crippen LogP contribution is -2.38. The van der Waals surface area contributed by atoms with Gasteiger partial charge in [0.25, 0.3) is 0 Å². The van der Waals surface area contributed by atoms with Crippen LogP contribution in [0.3, 0.4) is 0 Å². The van der Waals surface area contributed by atoms with Crippen molar-refractivity contribution >= 4 is 22.9 Å². The molecule has 3 rings (SSSR count). The SMILES string of the molecule is Nc1nc(N)c2[nH]c(C3O[C@H](CO)[C@@H](O)C3(F)F)nc2n1. The molecule has 1 unspecified atom stereocenters. The smallest absolute Gasteiger partial charge is 0.308 e. The summed E-state index contributed by atoms with van der Waals surface area (Å²) in [6, 6.07) is 0. The number of alkyl halides is 2. The summed E-state index contributed by atoms with van der Waals surface area (Å²) >= 11 is 0. The quantitative estimate of drug-likeness (QED) is 0.470. The van der Waals surface area contributed by atoms with Gasteiger partial charge in [0.15, 0.2) is 17.6 Å². The Morgan fingerprint density at radius 1 is 1.29 bits per heavy atom. The van der Waals surface area contributed by atoms with Crippen molar-refractivity contribution in [3.8, 4) is 0 Å². The summed E-state index contributed by atoms with van der Waals surface area (Å²) in [6.07, 6.45) is -5.42. The zero-order valence-corrected chi connectivity index (χ0v) is 10.5. The van der Waals surface area contributed by atoms with Crippen LogP contribution < -0.4 is 11.5 Å². The molecule has 2 aromatic rings. The van der Waals surface area contributed by atoms with E-state index in [1.54, 1.807) is 0 Å². The van der Waals surface area contributed by atoms with Gasteiger partial charge in [0, 0.05) is 0 Å². The van der Waals surface area contributed by atoms with Gasteiger partial charge in [-0.25, -0.2) is 13.8 Å². The van der Waals surface area contributed by atoms with E-state index in [1.165, 1.54) is 0 Å². The maximum Gasteiger partial charge on any atom is 0.308 e. The van der Waals surface area contributed by atoms with Crippen molar-refractivity contribution in [3.05, 3.63) is 5.82 Å². The van der Waals surface area contributed by atoms with Gasteiger partial charge in [0.1, 0.15) is 23.5 Å². The van der Waals surface area contributed by atoms with Crippen LogP contribution in [0.5, 0.6) is 0 Å². The zero-order valence-electron chi connectivity index (χ0n) is 10.5. The number of nitrogens with two attached hydrogens (primary N) is 2. The van der Waals surface area contributed by atoms with Crippen molar-refractivity contribution in [2.75, 3.05) is 18.1 Å². The number of rotatable bonds is 2. The summed E-state index contributed by atoms with van der Waals surface area (Å²) < 4.78 is 33.0. The van der Waals surface area contributed by atoms with Crippen molar-refractivity contribution in [2.24, 2.45) is 0 Å². The van der Waals surface area contributed by atoms with Crippen LogP contribution >= 0.6 is 0 Å². The number of fused-ring (bicyclic) bond motifs is 1. The van der Waals surface area contributed by atoms with Gasteiger partial charge >= 0.3 is 5.92 Å². The van der Waals surface area contributed by atoms with Crippen LogP contribution in [0.4, 0.5) is 20.5 Å². The lowest BCUT2D eigenvalue weighted by Gasteiger charge is -2.17. The van der Waals surface area contributed by atoms with Crippen molar-refractivity contribution < 1.29 is 23.7 Å². The van der Waals surface area contributed by atoms with Crippen LogP contribution in [-0.4, -0.2) is 54.9 Å². The van der Waals surface area contributed by atoms with Crippen LogP contribution in [0, 0.1) is 0 Å². The fourth-order valence-corrected chi connectivity index (χ4v) is 2.21. The molecule has 1 fully saturated rings. The van der Waals surface area contributed by atoms with E-state index in [0.717, 1.165) is 0 Å². The summed E-state index contributed by atoms with van der Waals surface area (Å²) in [5, 5.41) is 18.4. The van der Waals surface area contributed by atoms with Gasteiger partial charge in [-0.1, -0.05) is 0 Å². The molecule has 1 aliphatic heterocycles. The predicted octanol–water partition coefficient (Wildman–Crippen LogP) is -1.05. The fraction of sp³-hybridized carbons (Fsp3) is 0.500. The summed E-state index contributed by atoms with van der Waals surface area (Å²) in [5.74, 6) is -4.10. The van der Waals surface area contributed by atoms with E-state index in [1.807, 2.05) is 0 Å². The van der Waals surface area contributed by atoms with Crippen molar-refractivity contribution in [3.63, 3.8) is 0 Å². The minimum absolute atomic E-state index is 0.0105. The molecule has 0 amide bonds. The van der Waals surface area contributed by atoms with Gasteiger partial charge in [-0.2, -0.15) is 9.97 Å². The number of nitrogens with one attached hydrogen (secondary N) is 1.